The minimum Gasteiger partial charge on any atom is -0.448 e. The van der Waals surface area contributed by atoms with Gasteiger partial charge >= 0.3 is 5.97 Å². The number of fused-ring (bicyclic) bond motifs is 1. The van der Waals surface area contributed by atoms with Crippen molar-refractivity contribution in [3.05, 3.63) is 46.7 Å². The number of nitrogens with one attached hydrogen (secondary N) is 1. The van der Waals surface area contributed by atoms with Crippen LogP contribution < -0.4 is 5.32 Å². The SMILES string of the molecule is CCNC(=O)[C@H](C)OC(=O)c1sc2nc(C)cc(C)c2c1-n1cccc1. The smallest absolute Gasteiger partial charge is 0.351 e. The number of hydrogen-bond donors (Lipinski definition) is 1. The van der Waals surface area contributed by atoms with E-state index in [9.17, 15) is 9.59 Å². The van der Waals surface area contributed by atoms with E-state index in [-0.39, 0.29) is 5.91 Å². The lowest BCUT2D eigenvalue weighted by Gasteiger charge is -2.13. The molecule has 0 bridgehead atoms. The number of pyridine rings is 1. The molecule has 1 N–H and O–H groups in total. The summed E-state index contributed by atoms with van der Waals surface area (Å²) in [6.45, 7) is 7.80. The molecule has 6 nitrogen and oxygen atoms in total. The van der Waals surface area contributed by atoms with Crippen LogP contribution in [0.15, 0.2) is 30.6 Å². The van der Waals surface area contributed by atoms with Gasteiger partial charge in [0.15, 0.2) is 6.10 Å². The van der Waals surface area contributed by atoms with E-state index in [0.29, 0.717) is 11.4 Å². The summed E-state index contributed by atoms with van der Waals surface area (Å²) in [7, 11) is 0. The Morgan fingerprint density at radius 1 is 1.31 bits per heavy atom. The Morgan fingerprint density at radius 2 is 2.00 bits per heavy atom. The first-order valence-corrected chi connectivity index (χ1v) is 9.26. The summed E-state index contributed by atoms with van der Waals surface area (Å²) < 4.78 is 7.29. The summed E-state index contributed by atoms with van der Waals surface area (Å²) in [6, 6.07) is 5.79. The number of amides is 1. The second-order valence-corrected chi connectivity index (χ2v) is 7.07. The van der Waals surface area contributed by atoms with Gasteiger partial charge in [0.1, 0.15) is 9.71 Å². The van der Waals surface area contributed by atoms with Crippen molar-refractivity contribution in [1.29, 1.82) is 0 Å². The molecule has 26 heavy (non-hydrogen) atoms. The predicted octanol–water partition coefficient (Wildman–Crippen LogP) is 3.39. The Kier molecular flexibility index (Phi) is 5.08. The molecule has 3 heterocycles. The number of carbonyl (C=O) groups excluding carboxylic acids is 2. The zero-order valence-electron chi connectivity index (χ0n) is 15.2. The Morgan fingerprint density at radius 3 is 2.65 bits per heavy atom. The molecule has 1 amide bonds. The minimum atomic E-state index is -0.860. The molecule has 0 saturated carbocycles. The van der Waals surface area contributed by atoms with E-state index in [0.717, 1.165) is 27.2 Å². The average Bonchev–Trinajstić information content (AvgIpc) is 3.21. The molecule has 0 spiro atoms. The number of rotatable bonds is 5. The first-order chi connectivity index (χ1) is 12.4. The monoisotopic (exact) mass is 371 g/mol. The van der Waals surface area contributed by atoms with Gasteiger partial charge in [-0.1, -0.05) is 0 Å². The molecule has 1 atom stereocenters. The van der Waals surface area contributed by atoms with Gasteiger partial charge in [0, 0.05) is 30.0 Å². The van der Waals surface area contributed by atoms with Gasteiger partial charge in [-0.05, 0) is 51.5 Å². The third-order valence-corrected chi connectivity index (χ3v) is 5.07. The van der Waals surface area contributed by atoms with E-state index >= 15 is 0 Å². The van der Waals surface area contributed by atoms with E-state index in [1.165, 1.54) is 11.3 Å². The van der Waals surface area contributed by atoms with Gasteiger partial charge < -0.3 is 14.6 Å². The molecule has 3 rings (SSSR count). The van der Waals surface area contributed by atoms with Crippen LogP contribution in [0, 0.1) is 13.8 Å². The molecule has 0 aromatic carbocycles. The summed E-state index contributed by atoms with van der Waals surface area (Å²) in [5.74, 6) is -0.831. The molecule has 0 aliphatic carbocycles. The summed E-state index contributed by atoms with van der Waals surface area (Å²) in [5.41, 5.74) is 2.68. The number of likely N-dealkylation sites (N-methyl/N-ethyl adjacent to an activating group) is 1. The lowest BCUT2D eigenvalue weighted by molar-refractivity contribution is -0.128. The Labute approximate surface area is 155 Å². The van der Waals surface area contributed by atoms with Gasteiger partial charge in [0.05, 0.1) is 5.69 Å². The maximum Gasteiger partial charge on any atom is 0.351 e. The number of carbonyl (C=O) groups is 2. The van der Waals surface area contributed by atoms with Crippen molar-refractivity contribution in [3.8, 4) is 5.69 Å². The third-order valence-electron chi connectivity index (χ3n) is 4.01. The first kappa shape index (κ1) is 18.1. The number of thiophene rings is 1. The lowest BCUT2D eigenvalue weighted by Crippen LogP contribution is -2.35. The summed E-state index contributed by atoms with van der Waals surface area (Å²) in [6.07, 6.45) is 2.90. The largest absolute Gasteiger partial charge is 0.448 e. The summed E-state index contributed by atoms with van der Waals surface area (Å²) in [5, 5.41) is 3.58. The van der Waals surface area contributed by atoms with Gasteiger partial charge in [0.25, 0.3) is 5.91 Å². The van der Waals surface area contributed by atoms with Gasteiger partial charge in [-0.3, -0.25) is 4.79 Å². The molecule has 0 unspecified atom stereocenters. The fraction of sp³-hybridized carbons (Fsp3) is 0.316. The molecule has 3 aromatic rings. The molecule has 0 radical (unpaired) electrons. The topological polar surface area (TPSA) is 73.2 Å². The second kappa shape index (κ2) is 7.29. The molecule has 0 saturated heterocycles. The third kappa shape index (κ3) is 3.35. The van der Waals surface area contributed by atoms with Crippen LogP contribution in [-0.4, -0.2) is 34.1 Å². The van der Waals surface area contributed by atoms with Crippen molar-refractivity contribution in [2.24, 2.45) is 0 Å². The van der Waals surface area contributed by atoms with Crippen molar-refractivity contribution < 1.29 is 14.3 Å². The van der Waals surface area contributed by atoms with Crippen LogP contribution in [0.2, 0.25) is 0 Å². The number of aryl methyl sites for hydroxylation is 2. The molecule has 0 fully saturated rings. The van der Waals surface area contributed by atoms with Crippen LogP contribution >= 0.6 is 11.3 Å². The highest BCUT2D eigenvalue weighted by Gasteiger charge is 2.26. The average molecular weight is 371 g/mol. The van der Waals surface area contributed by atoms with Crippen LogP contribution in [-0.2, 0) is 9.53 Å². The van der Waals surface area contributed by atoms with E-state index in [4.69, 9.17) is 4.74 Å². The minimum absolute atomic E-state index is 0.311. The van der Waals surface area contributed by atoms with Gasteiger partial charge in [-0.25, -0.2) is 9.78 Å². The van der Waals surface area contributed by atoms with E-state index in [1.807, 2.05) is 55.9 Å². The van der Waals surface area contributed by atoms with Crippen LogP contribution in [0.1, 0.15) is 34.8 Å². The van der Waals surface area contributed by atoms with Gasteiger partial charge in [-0.2, -0.15) is 0 Å². The molecular weight excluding hydrogens is 350 g/mol. The number of aromatic nitrogens is 2. The Bertz CT molecular complexity index is 960. The van der Waals surface area contributed by atoms with Crippen LogP contribution in [0.3, 0.4) is 0 Å². The van der Waals surface area contributed by atoms with Gasteiger partial charge in [-0.15, -0.1) is 11.3 Å². The molecule has 3 aromatic heterocycles. The highest BCUT2D eigenvalue weighted by atomic mass is 32.1. The highest BCUT2D eigenvalue weighted by Crippen LogP contribution is 2.36. The predicted molar refractivity (Wildman–Crippen MR) is 102 cm³/mol. The van der Waals surface area contributed by atoms with Crippen molar-refractivity contribution >= 4 is 33.4 Å². The van der Waals surface area contributed by atoms with Crippen LogP contribution in [0.5, 0.6) is 0 Å². The second-order valence-electron chi connectivity index (χ2n) is 6.07. The van der Waals surface area contributed by atoms with Crippen LogP contribution in [0.4, 0.5) is 0 Å². The quantitative estimate of drug-likeness (QED) is 0.698. The molecule has 136 valence electrons. The summed E-state index contributed by atoms with van der Waals surface area (Å²) >= 11 is 1.29. The molecule has 7 heteroatoms. The molecule has 0 aliphatic heterocycles. The first-order valence-electron chi connectivity index (χ1n) is 8.45. The fourth-order valence-corrected chi connectivity index (χ4v) is 4.06. The number of hydrogen-bond acceptors (Lipinski definition) is 5. The summed E-state index contributed by atoms with van der Waals surface area (Å²) in [4.78, 5) is 30.5. The number of esters is 1. The van der Waals surface area contributed by atoms with Crippen molar-refractivity contribution in [1.82, 2.24) is 14.9 Å². The van der Waals surface area contributed by atoms with Crippen molar-refractivity contribution in [2.75, 3.05) is 6.54 Å². The zero-order valence-corrected chi connectivity index (χ0v) is 16.0. The van der Waals surface area contributed by atoms with E-state index in [2.05, 4.69) is 10.3 Å². The number of nitrogens with zero attached hydrogens (tertiary/aromatic N) is 2. The van der Waals surface area contributed by atoms with E-state index < -0.39 is 12.1 Å². The van der Waals surface area contributed by atoms with Crippen LogP contribution in [0.25, 0.3) is 15.9 Å². The fourth-order valence-electron chi connectivity index (χ4n) is 2.88. The van der Waals surface area contributed by atoms with E-state index in [1.54, 1.807) is 6.92 Å². The maximum atomic E-state index is 12.8. The number of ether oxygens (including phenoxy) is 1. The van der Waals surface area contributed by atoms with Gasteiger partial charge in [0.2, 0.25) is 0 Å². The standard InChI is InChI=1S/C19H21N3O3S/c1-5-20-17(23)13(4)25-19(24)16-15(22-8-6-7-9-22)14-11(2)10-12(3)21-18(14)26-16/h6-10,13H,5H2,1-4H3,(H,20,23)/t13-/m0/s1. The molecular formula is C19H21N3O3S. The van der Waals surface area contributed by atoms with Crippen molar-refractivity contribution in [2.45, 2.75) is 33.8 Å². The Balaban J connectivity index is 2.08. The Hall–Kier alpha value is -2.67. The zero-order chi connectivity index (χ0) is 18.8. The normalized spacial score (nSPS) is 12.2. The molecule has 0 aliphatic rings. The maximum absolute atomic E-state index is 12.8. The lowest BCUT2D eigenvalue weighted by atomic mass is 10.1. The van der Waals surface area contributed by atoms with Crippen molar-refractivity contribution in [3.63, 3.8) is 0 Å². The highest BCUT2D eigenvalue weighted by molar-refractivity contribution is 7.21.